The van der Waals surface area contributed by atoms with Gasteiger partial charge in [-0.05, 0) is 42.5 Å². The first kappa shape index (κ1) is 19.0. The van der Waals surface area contributed by atoms with E-state index in [1.165, 1.54) is 16.7 Å². The van der Waals surface area contributed by atoms with Crippen LogP contribution in [0.25, 0.3) is 6.08 Å². The van der Waals surface area contributed by atoms with Crippen LogP contribution in [0.4, 0.5) is 0 Å². The number of hydrogen-bond acceptors (Lipinski definition) is 6. The number of carbonyl (C=O) groups is 2. The Morgan fingerprint density at radius 3 is 3.04 bits per heavy atom. The molecule has 0 bridgehead atoms. The zero-order valence-electron chi connectivity index (χ0n) is 15.2. The van der Waals surface area contributed by atoms with Crippen LogP contribution in [0.1, 0.15) is 24.8 Å². The summed E-state index contributed by atoms with van der Waals surface area (Å²) in [5.41, 5.74) is 0.850. The van der Waals surface area contributed by atoms with Crippen LogP contribution >= 0.6 is 24.0 Å². The molecule has 28 heavy (non-hydrogen) atoms. The molecule has 0 aromatic heterocycles. The van der Waals surface area contributed by atoms with Gasteiger partial charge < -0.3 is 14.8 Å². The van der Waals surface area contributed by atoms with Gasteiger partial charge in [0.1, 0.15) is 4.32 Å². The van der Waals surface area contributed by atoms with Gasteiger partial charge in [-0.1, -0.05) is 42.2 Å². The second-order valence-corrected chi connectivity index (χ2v) is 8.44. The molecule has 146 valence electrons. The number of thiocarbonyl (C=S) groups is 1. The van der Waals surface area contributed by atoms with Gasteiger partial charge in [-0.3, -0.25) is 14.5 Å². The Kier molecular flexibility index (Phi) is 5.68. The van der Waals surface area contributed by atoms with Crippen molar-refractivity contribution >= 4 is 46.2 Å². The van der Waals surface area contributed by atoms with Crippen molar-refractivity contribution in [3.63, 3.8) is 0 Å². The Morgan fingerprint density at radius 2 is 2.21 bits per heavy atom. The van der Waals surface area contributed by atoms with Crippen LogP contribution in [0.15, 0.2) is 35.3 Å². The maximum Gasteiger partial charge on any atom is 0.266 e. The topological polar surface area (TPSA) is 67.9 Å². The SMILES string of the molecule is O=C(CC1C=CCC1)NCCN1C(=O)/C(=C\c2ccc3c(c2)OCO3)SC1=S. The summed E-state index contributed by atoms with van der Waals surface area (Å²) in [6, 6.07) is 5.54. The minimum Gasteiger partial charge on any atom is -0.454 e. The average Bonchev–Trinajstić information content (AvgIpc) is 3.39. The molecule has 3 aliphatic rings. The van der Waals surface area contributed by atoms with Gasteiger partial charge in [0.25, 0.3) is 5.91 Å². The number of benzene rings is 1. The number of amides is 2. The molecule has 6 nitrogen and oxygen atoms in total. The number of nitrogens with one attached hydrogen (secondary N) is 1. The fourth-order valence-electron chi connectivity index (χ4n) is 3.33. The summed E-state index contributed by atoms with van der Waals surface area (Å²) >= 11 is 6.62. The predicted molar refractivity (Wildman–Crippen MR) is 112 cm³/mol. The van der Waals surface area contributed by atoms with Gasteiger partial charge >= 0.3 is 0 Å². The number of nitrogens with zero attached hydrogens (tertiary/aromatic N) is 1. The molecule has 0 saturated carbocycles. The zero-order valence-corrected chi connectivity index (χ0v) is 16.8. The Hall–Kier alpha value is -2.32. The zero-order chi connectivity index (χ0) is 19.5. The van der Waals surface area contributed by atoms with Crippen molar-refractivity contribution in [2.75, 3.05) is 19.9 Å². The molecule has 1 aromatic carbocycles. The third kappa shape index (κ3) is 4.23. The molecule has 1 atom stereocenters. The van der Waals surface area contributed by atoms with E-state index in [0.29, 0.717) is 46.2 Å². The van der Waals surface area contributed by atoms with Crippen LogP contribution < -0.4 is 14.8 Å². The van der Waals surface area contributed by atoms with Gasteiger partial charge in [-0.2, -0.15) is 0 Å². The molecule has 2 heterocycles. The maximum absolute atomic E-state index is 12.7. The van der Waals surface area contributed by atoms with Gasteiger partial charge in [0.15, 0.2) is 11.5 Å². The first-order valence-electron chi connectivity index (χ1n) is 9.18. The monoisotopic (exact) mass is 416 g/mol. The summed E-state index contributed by atoms with van der Waals surface area (Å²) in [5, 5.41) is 2.88. The molecule has 1 aliphatic carbocycles. The van der Waals surface area contributed by atoms with Gasteiger partial charge in [-0.25, -0.2) is 0 Å². The van der Waals surface area contributed by atoms with Gasteiger partial charge in [-0.15, -0.1) is 0 Å². The molecule has 4 rings (SSSR count). The van der Waals surface area contributed by atoms with Crippen LogP contribution in [0.2, 0.25) is 0 Å². The Balaban J connectivity index is 1.32. The first-order valence-corrected chi connectivity index (χ1v) is 10.4. The van der Waals surface area contributed by atoms with E-state index in [9.17, 15) is 9.59 Å². The molecule has 0 radical (unpaired) electrons. The third-order valence-corrected chi connectivity index (χ3v) is 6.16. The highest BCUT2D eigenvalue weighted by molar-refractivity contribution is 8.26. The lowest BCUT2D eigenvalue weighted by atomic mass is 10.1. The highest BCUT2D eigenvalue weighted by Gasteiger charge is 2.31. The summed E-state index contributed by atoms with van der Waals surface area (Å²) in [7, 11) is 0. The van der Waals surface area contributed by atoms with Crippen molar-refractivity contribution in [3.8, 4) is 11.5 Å². The average molecular weight is 417 g/mol. The van der Waals surface area contributed by atoms with E-state index in [1.807, 2.05) is 18.2 Å². The Labute approximate surface area is 172 Å². The highest BCUT2D eigenvalue weighted by Crippen LogP contribution is 2.36. The van der Waals surface area contributed by atoms with Crippen LogP contribution in [0.5, 0.6) is 11.5 Å². The van der Waals surface area contributed by atoms with Crippen molar-refractivity contribution in [2.45, 2.75) is 19.3 Å². The molecule has 1 fully saturated rings. The smallest absolute Gasteiger partial charge is 0.266 e. The van der Waals surface area contributed by atoms with Crippen molar-refractivity contribution < 1.29 is 19.1 Å². The van der Waals surface area contributed by atoms with E-state index in [-0.39, 0.29) is 18.6 Å². The van der Waals surface area contributed by atoms with E-state index < -0.39 is 0 Å². The number of ether oxygens (including phenoxy) is 2. The van der Waals surface area contributed by atoms with E-state index >= 15 is 0 Å². The molecule has 1 saturated heterocycles. The van der Waals surface area contributed by atoms with Crippen molar-refractivity contribution in [1.82, 2.24) is 10.2 Å². The predicted octanol–water partition coefficient (Wildman–Crippen LogP) is 3.09. The number of thioether (sulfide) groups is 1. The standard InChI is InChI=1S/C20H20N2O4S2/c23-18(11-13-3-1-2-4-13)21-7-8-22-19(24)17(28-20(22)27)10-14-5-6-15-16(9-14)26-12-25-15/h1,3,5-6,9-10,13H,2,4,7-8,11-12H2,(H,21,23)/b17-10+. The summed E-state index contributed by atoms with van der Waals surface area (Å²) in [4.78, 5) is 26.8. The highest BCUT2D eigenvalue weighted by atomic mass is 32.2. The normalized spacial score (nSPS) is 21.8. The lowest BCUT2D eigenvalue weighted by Gasteiger charge is -2.15. The van der Waals surface area contributed by atoms with Crippen molar-refractivity contribution in [2.24, 2.45) is 5.92 Å². The second-order valence-electron chi connectivity index (χ2n) is 6.77. The lowest BCUT2D eigenvalue weighted by molar-refractivity contribution is -0.124. The van der Waals surface area contributed by atoms with Gasteiger partial charge in [0.05, 0.1) is 4.91 Å². The molecule has 1 N–H and O–H groups in total. The summed E-state index contributed by atoms with van der Waals surface area (Å²) in [6.45, 7) is 0.970. The van der Waals surface area contributed by atoms with Crippen LogP contribution in [-0.2, 0) is 9.59 Å². The van der Waals surface area contributed by atoms with E-state index in [1.54, 1.807) is 6.08 Å². The Morgan fingerprint density at radius 1 is 1.36 bits per heavy atom. The number of rotatable bonds is 6. The number of allylic oxidation sites excluding steroid dienone is 2. The Bertz CT molecular complexity index is 881. The number of hydrogen-bond donors (Lipinski definition) is 1. The van der Waals surface area contributed by atoms with Gasteiger partial charge in [0, 0.05) is 19.5 Å². The summed E-state index contributed by atoms with van der Waals surface area (Å²) in [5.74, 6) is 1.58. The molecule has 1 aromatic rings. The number of fused-ring (bicyclic) bond motifs is 1. The maximum atomic E-state index is 12.7. The second kappa shape index (κ2) is 8.36. The molecule has 8 heteroatoms. The van der Waals surface area contributed by atoms with Gasteiger partial charge in [0.2, 0.25) is 12.7 Å². The summed E-state index contributed by atoms with van der Waals surface area (Å²) in [6.07, 6.45) is 8.59. The molecule has 2 aliphatic heterocycles. The van der Waals surface area contributed by atoms with Crippen LogP contribution in [0, 0.1) is 5.92 Å². The summed E-state index contributed by atoms with van der Waals surface area (Å²) < 4.78 is 11.2. The molecule has 0 spiro atoms. The van der Waals surface area contributed by atoms with Crippen molar-refractivity contribution in [1.29, 1.82) is 0 Å². The lowest BCUT2D eigenvalue weighted by Crippen LogP contribution is -2.37. The van der Waals surface area contributed by atoms with Crippen molar-refractivity contribution in [3.05, 3.63) is 40.8 Å². The third-order valence-electron chi connectivity index (χ3n) is 4.79. The van der Waals surface area contributed by atoms with E-state index in [2.05, 4.69) is 17.5 Å². The fourth-order valence-corrected chi connectivity index (χ4v) is 4.64. The molecular weight excluding hydrogens is 396 g/mol. The largest absolute Gasteiger partial charge is 0.454 e. The fraction of sp³-hybridized carbons (Fsp3) is 0.350. The van der Waals surface area contributed by atoms with E-state index in [4.69, 9.17) is 21.7 Å². The van der Waals surface area contributed by atoms with Crippen LogP contribution in [-0.4, -0.2) is 40.9 Å². The first-order chi connectivity index (χ1) is 13.6. The quantitative estimate of drug-likeness (QED) is 0.437. The molecule has 2 amide bonds. The minimum atomic E-state index is -0.138. The molecular formula is C20H20N2O4S2. The number of carbonyl (C=O) groups excluding carboxylic acids is 2. The van der Waals surface area contributed by atoms with E-state index in [0.717, 1.165) is 18.4 Å². The molecule has 1 unspecified atom stereocenters. The minimum absolute atomic E-state index is 0.0119. The van der Waals surface area contributed by atoms with Crippen LogP contribution in [0.3, 0.4) is 0 Å².